The number of imidazole rings is 1. The summed E-state index contributed by atoms with van der Waals surface area (Å²) in [4.78, 5) is 8.31. The molecular formula is C15H23N5S. The molecule has 2 saturated heterocycles. The lowest BCUT2D eigenvalue weighted by molar-refractivity contribution is 0.192. The fraction of sp³-hybridized carbons (Fsp3) is 0.733. The molecule has 1 N–H and O–H groups in total. The molecule has 0 aromatic carbocycles. The van der Waals surface area contributed by atoms with Crippen molar-refractivity contribution < 1.29 is 0 Å². The summed E-state index contributed by atoms with van der Waals surface area (Å²) in [5, 5.41) is 9.20. The van der Waals surface area contributed by atoms with E-state index in [-0.39, 0.29) is 0 Å². The molecule has 4 rings (SSSR count). The van der Waals surface area contributed by atoms with Gasteiger partial charge in [0.25, 0.3) is 0 Å². The van der Waals surface area contributed by atoms with Crippen molar-refractivity contribution in [1.29, 1.82) is 0 Å². The molecule has 0 bridgehead atoms. The van der Waals surface area contributed by atoms with Crippen LogP contribution in [0, 0.1) is 19.3 Å². The van der Waals surface area contributed by atoms with Crippen LogP contribution in [0.3, 0.4) is 0 Å². The summed E-state index contributed by atoms with van der Waals surface area (Å²) in [6.45, 7) is 10.00. The maximum Gasteiger partial charge on any atom is 0.212 e. The third-order valence-corrected chi connectivity index (χ3v) is 5.98. The average molecular weight is 305 g/mol. The Morgan fingerprint density at radius 2 is 2.05 bits per heavy atom. The number of fused-ring (bicyclic) bond motifs is 1. The molecule has 2 aliphatic rings. The van der Waals surface area contributed by atoms with Gasteiger partial charge in [-0.1, -0.05) is 11.3 Å². The van der Waals surface area contributed by atoms with E-state index in [4.69, 9.17) is 0 Å². The quantitative estimate of drug-likeness (QED) is 0.921. The highest BCUT2D eigenvalue weighted by Crippen LogP contribution is 2.39. The smallest absolute Gasteiger partial charge is 0.212 e. The van der Waals surface area contributed by atoms with Crippen LogP contribution in [0.1, 0.15) is 35.7 Å². The highest BCUT2D eigenvalue weighted by Gasteiger charge is 2.39. The molecule has 6 heteroatoms. The molecule has 0 unspecified atom stereocenters. The molecule has 1 spiro atoms. The van der Waals surface area contributed by atoms with Gasteiger partial charge in [-0.25, -0.2) is 9.50 Å². The van der Waals surface area contributed by atoms with Crippen molar-refractivity contribution in [2.75, 3.05) is 26.2 Å². The van der Waals surface area contributed by atoms with Crippen LogP contribution in [0.4, 0.5) is 0 Å². The monoisotopic (exact) mass is 305 g/mol. The minimum absolute atomic E-state index is 0.570. The van der Waals surface area contributed by atoms with Crippen LogP contribution >= 0.6 is 11.3 Å². The molecule has 114 valence electrons. The van der Waals surface area contributed by atoms with Crippen molar-refractivity contribution >= 4 is 16.3 Å². The standard InChI is InChI=1S/C15H23N5S/c1-11-13(20-14(17-11)21-12(2)18-20)9-19-8-5-15(10-19)3-6-16-7-4-15/h16H,3-10H2,1-2H3. The van der Waals surface area contributed by atoms with Gasteiger partial charge in [0.2, 0.25) is 4.96 Å². The van der Waals surface area contributed by atoms with Crippen molar-refractivity contribution in [2.45, 2.75) is 39.7 Å². The van der Waals surface area contributed by atoms with Gasteiger partial charge in [0, 0.05) is 13.1 Å². The second-order valence-corrected chi connectivity index (χ2v) is 7.83. The molecule has 4 heterocycles. The Bertz CT molecular complexity index is 652. The fourth-order valence-corrected chi connectivity index (χ4v) is 4.71. The van der Waals surface area contributed by atoms with E-state index in [1.165, 1.54) is 51.1 Å². The summed E-state index contributed by atoms with van der Waals surface area (Å²) in [7, 11) is 0. The molecule has 0 saturated carbocycles. The van der Waals surface area contributed by atoms with Gasteiger partial charge in [-0.15, -0.1) is 0 Å². The van der Waals surface area contributed by atoms with Crippen LogP contribution in [0.5, 0.6) is 0 Å². The Morgan fingerprint density at radius 1 is 1.24 bits per heavy atom. The van der Waals surface area contributed by atoms with Gasteiger partial charge in [0.05, 0.1) is 11.4 Å². The number of aromatic nitrogens is 3. The highest BCUT2D eigenvalue weighted by atomic mass is 32.1. The first-order valence-corrected chi connectivity index (χ1v) is 8.72. The second-order valence-electron chi connectivity index (χ2n) is 6.67. The number of rotatable bonds is 2. The highest BCUT2D eigenvalue weighted by molar-refractivity contribution is 7.16. The molecule has 0 radical (unpaired) electrons. The zero-order chi connectivity index (χ0) is 14.4. The topological polar surface area (TPSA) is 45.5 Å². The zero-order valence-electron chi connectivity index (χ0n) is 12.9. The molecule has 0 atom stereocenters. The SMILES string of the molecule is Cc1nn2c(CN3CCC4(CCNCC4)C3)c(C)nc2s1. The maximum absolute atomic E-state index is 4.66. The first-order chi connectivity index (χ1) is 10.2. The Kier molecular flexibility index (Phi) is 3.28. The van der Waals surface area contributed by atoms with Crippen LogP contribution in [0.2, 0.25) is 0 Å². The second kappa shape index (κ2) is 5.04. The summed E-state index contributed by atoms with van der Waals surface area (Å²) in [5.74, 6) is 0. The molecular weight excluding hydrogens is 282 g/mol. The molecule has 0 aliphatic carbocycles. The fourth-order valence-electron chi connectivity index (χ4n) is 3.91. The van der Waals surface area contributed by atoms with E-state index in [0.29, 0.717) is 5.41 Å². The van der Waals surface area contributed by atoms with Crippen molar-refractivity contribution in [3.63, 3.8) is 0 Å². The van der Waals surface area contributed by atoms with E-state index in [9.17, 15) is 0 Å². The summed E-state index contributed by atoms with van der Waals surface area (Å²) >= 11 is 1.68. The number of likely N-dealkylation sites (tertiary alicyclic amines) is 1. The molecule has 2 fully saturated rings. The molecule has 0 amide bonds. The predicted octanol–water partition coefficient (Wildman–Crippen LogP) is 1.98. The largest absolute Gasteiger partial charge is 0.317 e. The lowest BCUT2D eigenvalue weighted by Crippen LogP contribution is -2.38. The Labute approximate surface area is 129 Å². The van der Waals surface area contributed by atoms with Gasteiger partial charge in [-0.2, -0.15) is 5.10 Å². The molecule has 21 heavy (non-hydrogen) atoms. The number of hydrogen-bond acceptors (Lipinski definition) is 5. The number of aryl methyl sites for hydroxylation is 2. The van der Waals surface area contributed by atoms with Gasteiger partial charge in [0.15, 0.2) is 0 Å². The van der Waals surface area contributed by atoms with Crippen LogP contribution < -0.4 is 5.32 Å². The Morgan fingerprint density at radius 3 is 2.86 bits per heavy atom. The third-order valence-electron chi connectivity index (χ3n) is 5.15. The van der Waals surface area contributed by atoms with Crippen molar-refractivity contribution in [3.05, 3.63) is 16.4 Å². The minimum Gasteiger partial charge on any atom is -0.317 e. The lowest BCUT2D eigenvalue weighted by Gasteiger charge is -2.33. The summed E-state index contributed by atoms with van der Waals surface area (Å²) in [6.07, 6.45) is 4.02. The third kappa shape index (κ3) is 2.39. The summed E-state index contributed by atoms with van der Waals surface area (Å²) in [6, 6.07) is 0. The van der Waals surface area contributed by atoms with Gasteiger partial charge in [-0.05, 0) is 58.2 Å². The molecule has 5 nitrogen and oxygen atoms in total. The number of nitrogens with one attached hydrogen (secondary N) is 1. The summed E-state index contributed by atoms with van der Waals surface area (Å²) in [5.41, 5.74) is 2.99. The van der Waals surface area contributed by atoms with E-state index < -0.39 is 0 Å². The Hall–Kier alpha value is -0.980. The van der Waals surface area contributed by atoms with Gasteiger partial charge in [-0.3, -0.25) is 4.90 Å². The van der Waals surface area contributed by atoms with Gasteiger partial charge >= 0.3 is 0 Å². The van der Waals surface area contributed by atoms with Crippen molar-refractivity contribution in [3.8, 4) is 0 Å². The summed E-state index contributed by atoms with van der Waals surface area (Å²) < 4.78 is 2.06. The first kappa shape index (κ1) is 13.7. The van der Waals surface area contributed by atoms with Crippen LogP contribution in [-0.4, -0.2) is 45.7 Å². The number of piperidine rings is 1. The first-order valence-electron chi connectivity index (χ1n) is 7.90. The van der Waals surface area contributed by atoms with E-state index in [0.717, 1.165) is 22.2 Å². The number of nitrogens with zero attached hydrogens (tertiary/aromatic N) is 4. The van der Waals surface area contributed by atoms with E-state index in [1.54, 1.807) is 11.3 Å². The maximum atomic E-state index is 4.66. The minimum atomic E-state index is 0.570. The van der Waals surface area contributed by atoms with E-state index in [1.807, 2.05) is 0 Å². The average Bonchev–Trinajstić information content (AvgIpc) is 3.08. The van der Waals surface area contributed by atoms with Crippen molar-refractivity contribution in [2.24, 2.45) is 5.41 Å². The molecule has 2 aromatic rings. The molecule has 2 aromatic heterocycles. The van der Waals surface area contributed by atoms with Gasteiger partial charge in [0.1, 0.15) is 5.01 Å². The number of hydrogen-bond donors (Lipinski definition) is 1. The van der Waals surface area contributed by atoms with E-state index >= 15 is 0 Å². The predicted molar refractivity (Wildman–Crippen MR) is 84.8 cm³/mol. The lowest BCUT2D eigenvalue weighted by atomic mass is 9.78. The van der Waals surface area contributed by atoms with E-state index in [2.05, 4.69) is 38.7 Å². The zero-order valence-corrected chi connectivity index (χ0v) is 13.7. The normalized spacial score (nSPS) is 22.6. The van der Waals surface area contributed by atoms with Crippen LogP contribution in [-0.2, 0) is 6.54 Å². The molecule has 2 aliphatic heterocycles. The van der Waals surface area contributed by atoms with Crippen LogP contribution in [0.25, 0.3) is 4.96 Å². The van der Waals surface area contributed by atoms with Crippen LogP contribution in [0.15, 0.2) is 0 Å². The van der Waals surface area contributed by atoms with Crippen molar-refractivity contribution in [1.82, 2.24) is 24.8 Å². The van der Waals surface area contributed by atoms with Gasteiger partial charge < -0.3 is 5.32 Å². The Balaban J connectivity index is 1.54.